The lowest BCUT2D eigenvalue weighted by molar-refractivity contribution is 0.0439. The summed E-state index contributed by atoms with van der Waals surface area (Å²) >= 11 is 0. The molecule has 0 amide bonds. The normalized spacial score (nSPS) is 15.0. The summed E-state index contributed by atoms with van der Waals surface area (Å²) in [5.41, 5.74) is 5.21. The van der Waals surface area contributed by atoms with Gasteiger partial charge in [-0.1, -0.05) is 0 Å². The van der Waals surface area contributed by atoms with Gasteiger partial charge in [-0.05, 0) is 6.07 Å². The van der Waals surface area contributed by atoms with Gasteiger partial charge in [0.15, 0.2) is 11.4 Å². The van der Waals surface area contributed by atoms with Gasteiger partial charge in [-0.3, -0.25) is 5.73 Å². The van der Waals surface area contributed by atoms with E-state index in [0.717, 1.165) is 0 Å². The number of hydrogen-bond donors (Lipinski definition) is 4. The quantitative estimate of drug-likeness (QED) is 0.369. The Morgan fingerprint density at radius 3 is 3.12 bits per heavy atom. The van der Waals surface area contributed by atoms with Crippen molar-refractivity contribution in [3.8, 4) is 0 Å². The maximum absolute atomic E-state index is 10.1. The SMILES string of the molecule is NC(O)(CNCCO)c1cnn2cccnc12. The van der Waals surface area contributed by atoms with Crippen LogP contribution in [0.1, 0.15) is 5.56 Å². The Morgan fingerprint density at radius 1 is 1.53 bits per heavy atom. The van der Waals surface area contributed by atoms with E-state index in [-0.39, 0.29) is 13.2 Å². The van der Waals surface area contributed by atoms with Crippen LogP contribution in [0.3, 0.4) is 0 Å². The number of fused-ring (bicyclic) bond motifs is 1. The fraction of sp³-hybridized carbons (Fsp3) is 0.400. The molecule has 92 valence electrons. The molecule has 0 aromatic carbocycles. The van der Waals surface area contributed by atoms with Crippen LogP contribution in [0.25, 0.3) is 5.65 Å². The standard InChI is InChI=1S/C10H15N5O2/c11-10(17,7-12-3-5-16)8-6-14-15-4-1-2-13-9(8)15/h1-2,4,6,12,16-17H,3,5,7,11H2. The summed E-state index contributed by atoms with van der Waals surface area (Å²) in [4.78, 5) is 4.12. The van der Waals surface area contributed by atoms with Crippen molar-refractivity contribution in [3.63, 3.8) is 0 Å². The summed E-state index contributed by atoms with van der Waals surface area (Å²) in [6.45, 7) is 0.473. The monoisotopic (exact) mass is 237 g/mol. The van der Waals surface area contributed by atoms with E-state index < -0.39 is 5.72 Å². The van der Waals surface area contributed by atoms with Crippen LogP contribution in [0.4, 0.5) is 0 Å². The number of nitrogens with zero attached hydrogens (tertiary/aromatic N) is 3. The van der Waals surface area contributed by atoms with Crippen LogP contribution in [0.15, 0.2) is 24.7 Å². The largest absolute Gasteiger partial charge is 0.395 e. The second-order valence-corrected chi connectivity index (χ2v) is 3.77. The predicted octanol–water partition coefficient (Wildman–Crippen LogP) is -1.58. The van der Waals surface area contributed by atoms with Crippen LogP contribution < -0.4 is 11.1 Å². The Hall–Kier alpha value is -1.54. The highest BCUT2D eigenvalue weighted by Gasteiger charge is 2.27. The molecule has 2 aromatic rings. The highest BCUT2D eigenvalue weighted by Crippen LogP contribution is 2.18. The molecule has 17 heavy (non-hydrogen) atoms. The van der Waals surface area contributed by atoms with Crippen LogP contribution in [-0.2, 0) is 5.72 Å². The van der Waals surface area contributed by atoms with E-state index in [0.29, 0.717) is 17.8 Å². The molecule has 7 nitrogen and oxygen atoms in total. The summed E-state index contributed by atoms with van der Waals surface area (Å²) in [7, 11) is 0. The van der Waals surface area contributed by atoms with Crippen molar-refractivity contribution in [2.75, 3.05) is 19.7 Å². The number of aliphatic hydroxyl groups is 2. The molecule has 1 atom stereocenters. The Kier molecular flexibility index (Phi) is 3.34. The lowest BCUT2D eigenvalue weighted by Crippen LogP contribution is -2.46. The second kappa shape index (κ2) is 4.76. The van der Waals surface area contributed by atoms with Gasteiger partial charge in [-0.15, -0.1) is 0 Å². The topological polar surface area (TPSA) is 109 Å². The van der Waals surface area contributed by atoms with Crippen molar-refractivity contribution in [3.05, 3.63) is 30.2 Å². The summed E-state index contributed by atoms with van der Waals surface area (Å²) in [6.07, 6.45) is 4.82. The van der Waals surface area contributed by atoms with E-state index in [1.165, 1.54) is 6.20 Å². The molecular formula is C10H15N5O2. The molecule has 0 aliphatic heterocycles. The van der Waals surface area contributed by atoms with Gasteiger partial charge >= 0.3 is 0 Å². The van der Waals surface area contributed by atoms with E-state index in [1.54, 1.807) is 23.0 Å². The minimum atomic E-state index is -1.56. The van der Waals surface area contributed by atoms with E-state index >= 15 is 0 Å². The van der Waals surface area contributed by atoms with Crippen molar-refractivity contribution in [1.29, 1.82) is 0 Å². The van der Waals surface area contributed by atoms with Crippen molar-refractivity contribution in [1.82, 2.24) is 19.9 Å². The molecule has 0 saturated carbocycles. The minimum absolute atomic E-state index is 0.0108. The molecule has 7 heteroatoms. The van der Waals surface area contributed by atoms with Crippen molar-refractivity contribution < 1.29 is 10.2 Å². The smallest absolute Gasteiger partial charge is 0.162 e. The maximum Gasteiger partial charge on any atom is 0.162 e. The first-order chi connectivity index (χ1) is 8.15. The lowest BCUT2D eigenvalue weighted by atomic mass is 10.1. The molecule has 0 spiro atoms. The van der Waals surface area contributed by atoms with Gasteiger partial charge in [0.25, 0.3) is 0 Å². The summed E-state index contributed by atoms with van der Waals surface area (Å²) < 4.78 is 1.54. The van der Waals surface area contributed by atoms with Crippen molar-refractivity contribution in [2.45, 2.75) is 5.72 Å². The fourth-order valence-electron chi connectivity index (χ4n) is 1.59. The lowest BCUT2D eigenvalue weighted by Gasteiger charge is -2.22. The van der Waals surface area contributed by atoms with Gasteiger partial charge in [-0.25, -0.2) is 9.50 Å². The number of hydrogen-bond acceptors (Lipinski definition) is 6. The summed E-state index contributed by atoms with van der Waals surface area (Å²) in [6, 6.07) is 1.74. The number of nitrogens with one attached hydrogen (secondary N) is 1. The van der Waals surface area contributed by atoms with Crippen LogP contribution >= 0.6 is 0 Å². The van der Waals surface area contributed by atoms with Crippen LogP contribution in [0, 0.1) is 0 Å². The molecule has 2 heterocycles. The molecule has 2 rings (SSSR count). The Morgan fingerprint density at radius 2 is 2.35 bits per heavy atom. The average molecular weight is 237 g/mol. The molecule has 5 N–H and O–H groups in total. The third-order valence-corrected chi connectivity index (χ3v) is 2.43. The van der Waals surface area contributed by atoms with E-state index in [1.807, 2.05) is 0 Å². The Balaban J connectivity index is 2.25. The van der Waals surface area contributed by atoms with Crippen molar-refractivity contribution in [2.24, 2.45) is 5.73 Å². The van der Waals surface area contributed by atoms with Gasteiger partial charge in [0, 0.05) is 25.5 Å². The second-order valence-electron chi connectivity index (χ2n) is 3.77. The molecule has 0 fully saturated rings. The molecule has 0 saturated heterocycles. The highest BCUT2D eigenvalue weighted by molar-refractivity contribution is 5.48. The zero-order chi connectivity index (χ0) is 12.3. The molecule has 1 unspecified atom stereocenters. The summed E-state index contributed by atoms with van der Waals surface area (Å²) in [5.74, 6) is 0. The van der Waals surface area contributed by atoms with E-state index in [4.69, 9.17) is 10.8 Å². The molecule has 0 aliphatic rings. The van der Waals surface area contributed by atoms with Gasteiger partial charge in [0.05, 0.1) is 18.4 Å². The Labute approximate surface area is 97.9 Å². The predicted molar refractivity (Wildman–Crippen MR) is 61.0 cm³/mol. The van der Waals surface area contributed by atoms with Crippen LogP contribution in [0.5, 0.6) is 0 Å². The molecular weight excluding hydrogens is 222 g/mol. The van der Waals surface area contributed by atoms with Gasteiger partial charge < -0.3 is 15.5 Å². The zero-order valence-corrected chi connectivity index (χ0v) is 9.24. The first-order valence-electron chi connectivity index (χ1n) is 5.27. The van der Waals surface area contributed by atoms with Crippen LogP contribution in [0.2, 0.25) is 0 Å². The third-order valence-electron chi connectivity index (χ3n) is 2.43. The zero-order valence-electron chi connectivity index (χ0n) is 9.24. The number of aliphatic hydroxyl groups excluding tert-OH is 1. The average Bonchev–Trinajstić information content (AvgIpc) is 2.73. The first-order valence-corrected chi connectivity index (χ1v) is 5.27. The van der Waals surface area contributed by atoms with E-state index in [2.05, 4.69) is 15.4 Å². The molecule has 0 radical (unpaired) electrons. The van der Waals surface area contributed by atoms with E-state index in [9.17, 15) is 5.11 Å². The van der Waals surface area contributed by atoms with Gasteiger partial charge in [-0.2, -0.15) is 5.10 Å². The molecule has 2 aromatic heterocycles. The highest BCUT2D eigenvalue weighted by atomic mass is 16.3. The molecule has 0 aliphatic carbocycles. The van der Waals surface area contributed by atoms with Gasteiger partial charge in [0.1, 0.15) is 0 Å². The minimum Gasteiger partial charge on any atom is -0.395 e. The third kappa shape index (κ3) is 2.42. The fourth-order valence-corrected chi connectivity index (χ4v) is 1.59. The Bertz CT molecular complexity index is 496. The number of aromatic nitrogens is 3. The molecule has 0 bridgehead atoms. The first kappa shape index (κ1) is 11.9. The summed E-state index contributed by atoms with van der Waals surface area (Å²) in [5, 5.41) is 25.7. The van der Waals surface area contributed by atoms with Gasteiger partial charge in [0.2, 0.25) is 0 Å². The number of nitrogens with two attached hydrogens (primary N) is 1. The van der Waals surface area contributed by atoms with Crippen molar-refractivity contribution >= 4 is 5.65 Å². The number of rotatable bonds is 5. The van der Waals surface area contributed by atoms with Crippen LogP contribution in [-0.4, -0.2) is 44.5 Å². The maximum atomic E-state index is 10.1.